The van der Waals surface area contributed by atoms with Crippen LogP contribution in [0.1, 0.15) is 16.7 Å². The zero-order valence-corrected chi connectivity index (χ0v) is 13.6. The van der Waals surface area contributed by atoms with Gasteiger partial charge in [-0.05, 0) is 30.7 Å². The molecule has 23 heavy (non-hydrogen) atoms. The number of benzene rings is 2. The summed E-state index contributed by atoms with van der Waals surface area (Å²) >= 11 is 1.67. The molecule has 0 radical (unpaired) electrons. The van der Waals surface area contributed by atoms with Gasteiger partial charge in [-0.15, -0.1) is 11.8 Å². The highest BCUT2D eigenvalue weighted by Crippen LogP contribution is 2.49. The lowest BCUT2D eigenvalue weighted by atomic mass is 10.0. The van der Waals surface area contributed by atoms with Crippen molar-refractivity contribution < 1.29 is 9.18 Å². The number of hydrogen-bond acceptors (Lipinski definition) is 3. The first-order valence-electron chi connectivity index (χ1n) is 7.67. The third-order valence-corrected chi connectivity index (χ3v) is 5.80. The molecule has 1 amide bonds. The lowest BCUT2D eigenvalue weighted by molar-refractivity contribution is -0.121. The molecule has 1 saturated heterocycles. The minimum Gasteiger partial charge on any atom is -0.305 e. The fourth-order valence-corrected chi connectivity index (χ4v) is 4.57. The van der Waals surface area contributed by atoms with Crippen LogP contribution in [0.5, 0.6) is 0 Å². The highest BCUT2D eigenvalue weighted by Gasteiger charge is 2.53. The molecule has 118 valence electrons. The van der Waals surface area contributed by atoms with Gasteiger partial charge in [-0.2, -0.15) is 0 Å². The van der Waals surface area contributed by atoms with Gasteiger partial charge in [0.1, 0.15) is 5.82 Å². The van der Waals surface area contributed by atoms with Gasteiger partial charge in [0.05, 0.1) is 12.2 Å². The topological polar surface area (TPSA) is 32.3 Å². The number of carbonyl (C=O) groups is 1. The number of amides is 1. The maximum atomic E-state index is 13.1. The van der Waals surface area contributed by atoms with Crippen molar-refractivity contribution >= 4 is 23.4 Å². The molecule has 2 heterocycles. The van der Waals surface area contributed by atoms with E-state index in [4.69, 9.17) is 0 Å². The third kappa shape index (κ3) is 2.26. The lowest BCUT2D eigenvalue weighted by Crippen LogP contribution is -2.44. The van der Waals surface area contributed by atoms with Gasteiger partial charge in [0.25, 0.3) is 5.91 Å². The molecule has 4 rings (SSSR count). The molecule has 1 spiro atoms. The number of aryl methyl sites for hydroxylation is 1. The van der Waals surface area contributed by atoms with E-state index in [0.29, 0.717) is 6.54 Å². The molecule has 1 N–H and O–H groups in total. The quantitative estimate of drug-likeness (QED) is 0.919. The number of halogens is 1. The van der Waals surface area contributed by atoms with E-state index in [1.807, 2.05) is 24.0 Å². The highest BCUT2D eigenvalue weighted by atomic mass is 32.2. The molecule has 2 aliphatic heterocycles. The predicted molar refractivity (Wildman–Crippen MR) is 90.9 cm³/mol. The Morgan fingerprint density at radius 3 is 2.74 bits per heavy atom. The monoisotopic (exact) mass is 328 g/mol. The molecular weight excluding hydrogens is 311 g/mol. The molecule has 1 unspecified atom stereocenters. The second-order valence-electron chi connectivity index (χ2n) is 5.99. The van der Waals surface area contributed by atoms with Crippen molar-refractivity contribution in [2.24, 2.45) is 0 Å². The van der Waals surface area contributed by atoms with Gasteiger partial charge in [0.15, 0.2) is 4.87 Å². The zero-order valence-electron chi connectivity index (χ0n) is 12.8. The molecule has 2 aromatic rings. The number of anilines is 1. The molecule has 1 fully saturated rings. The highest BCUT2D eigenvalue weighted by molar-refractivity contribution is 8.01. The second-order valence-corrected chi connectivity index (χ2v) is 7.30. The van der Waals surface area contributed by atoms with Crippen LogP contribution in [0.15, 0.2) is 42.5 Å². The normalized spacial score (nSPS) is 22.9. The van der Waals surface area contributed by atoms with E-state index in [1.165, 1.54) is 12.1 Å². The fraction of sp³-hybridized carbons (Fsp3) is 0.278. The molecule has 0 aromatic heterocycles. The Labute approximate surface area is 138 Å². The van der Waals surface area contributed by atoms with Crippen LogP contribution in [0.4, 0.5) is 10.1 Å². The van der Waals surface area contributed by atoms with E-state index in [-0.39, 0.29) is 11.7 Å². The van der Waals surface area contributed by atoms with Gasteiger partial charge >= 0.3 is 0 Å². The van der Waals surface area contributed by atoms with E-state index in [9.17, 15) is 9.18 Å². The average Bonchev–Trinajstić information content (AvgIpc) is 3.11. The van der Waals surface area contributed by atoms with Crippen LogP contribution >= 0.6 is 11.8 Å². The van der Waals surface area contributed by atoms with E-state index < -0.39 is 4.87 Å². The first-order valence-corrected chi connectivity index (χ1v) is 8.65. The maximum Gasteiger partial charge on any atom is 0.262 e. The predicted octanol–water partition coefficient (Wildman–Crippen LogP) is 3.17. The van der Waals surface area contributed by atoms with Crippen molar-refractivity contribution in [2.75, 3.05) is 17.2 Å². The van der Waals surface area contributed by atoms with Crippen LogP contribution in [-0.2, 0) is 16.2 Å². The number of hydrogen-bond donors (Lipinski definition) is 1. The third-order valence-electron chi connectivity index (χ3n) is 4.42. The molecule has 3 nitrogen and oxygen atoms in total. The summed E-state index contributed by atoms with van der Waals surface area (Å²) in [6.07, 6.45) is 0. The Balaban J connectivity index is 1.76. The molecule has 0 bridgehead atoms. The summed E-state index contributed by atoms with van der Waals surface area (Å²) in [5.74, 6) is 0.732. The number of nitrogens with zero attached hydrogens (tertiary/aromatic N) is 1. The van der Waals surface area contributed by atoms with E-state index >= 15 is 0 Å². The summed E-state index contributed by atoms with van der Waals surface area (Å²) in [4.78, 5) is 14.3. The number of fused-ring (bicyclic) bond motifs is 2. The van der Waals surface area contributed by atoms with Gasteiger partial charge in [0.2, 0.25) is 0 Å². The number of thioether (sulfide) groups is 1. The summed E-state index contributed by atoms with van der Waals surface area (Å²) in [7, 11) is 0. The average molecular weight is 328 g/mol. The number of rotatable bonds is 2. The van der Waals surface area contributed by atoms with Crippen molar-refractivity contribution in [3.05, 3.63) is 65.0 Å². The van der Waals surface area contributed by atoms with Gasteiger partial charge < -0.3 is 4.90 Å². The van der Waals surface area contributed by atoms with Gasteiger partial charge in [-0.3, -0.25) is 10.1 Å². The summed E-state index contributed by atoms with van der Waals surface area (Å²) in [6.45, 7) is 3.33. The van der Waals surface area contributed by atoms with E-state index in [2.05, 4.69) is 11.4 Å². The van der Waals surface area contributed by atoms with Crippen LogP contribution in [-0.4, -0.2) is 18.2 Å². The number of nitrogens with one attached hydrogen (secondary N) is 1. The van der Waals surface area contributed by atoms with Crippen LogP contribution < -0.4 is 10.2 Å². The summed E-state index contributed by atoms with van der Waals surface area (Å²) < 4.78 is 13.1. The summed E-state index contributed by atoms with van der Waals surface area (Å²) in [6, 6.07) is 12.5. The minimum absolute atomic E-state index is 0.0740. The van der Waals surface area contributed by atoms with E-state index in [0.717, 1.165) is 34.7 Å². The van der Waals surface area contributed by atoms with Crippen molar-refractivity contribution in [2.45, 2.75) is 18.3 Å². The summed E-state index contributed by atoms with van der Waals surface area (Å²) in [5, 5.41) is 3.40. The van der Waals surface area contributed by atoms with Gasteiger partial charge in [-0.25, -0.2) is 4.39 Å². The molecule has 5 heteroatoms. The first kappa shape index (κ1) is 14.7. The maximum absolute atomic E-state index is 13.1. The van der Waals surface area contributed by atoms with Crippen LogP contribution in [0.3, 0.4) is 0 Å². The van der Waals surface area contributed by atoms with Gasteiger partial charge in [0, 0.05) is 17.9 Å². The van der Waals surface area contributed by atoms with Gasteiger partial charge in [-0.1, -0.05) is 29.8 Å². The molecule has 2 aromatic carbocycles. The Bertz CT molecular complexity index is 769. The Kier molecular flexibility index (Phi) is 3.43. The fourth-order valence-electron chi connectivity index (χ4n) is 3.30. The van der Waals surface area contributed by atoms with E-state index in [1.54, 1.807) is 23.9 Å². The number of carbonyl (C=O) groups excluding carboxylic acids is 1. The van der Waals surface area contributed by atoms with Crippen molar-refractivity contribution in [1.29, 1.82) is 0 Å². The Morgan fingerprint density at radius 2 is 2.04 bits per heavy atom. The molecular formula is C18H17FN2OS. The Morgan fingerprint density at radius 1 is 1.26 bits per heavy atom. The van der Waals surface area contributed by atoms with Crippen molar-refractivity contribution in [3.8, 4) is 0 Å². The SMILES string of the molecule is Cc1ccc2c(c1)C1(NCCS1)C(=O)N2Cc1ccc(F)cc1. The first-order chi connectivity index (χ1) is 11.1. The molecule has 0 saturated carbocycles. The lowest BCUT2D eigenvalue weighted by Gasteiger charge is -2.23. The van der Waals surface area contributed by atoms with Crippen molar-refractivity contribution in [1.82, 2.24) is 5.32 Å². The summed E-state index contributed by atoms with van der Waals surface area (Å²) in [5.41, 5.74) is 4.07. The standard InChI is InChI=1S/C18H17FN2OS/c1-12-2-7-16-15(10-12)18(20-8-9-23-18)17(22)21(16)11-13-3-5-14(19)6-4-13/h2-7,10,20H,8-9,11H2,1H3. The zero-order chi connectivity index (χ0) is 16.0. The van der Waals surface area contributed by atoms with Crippen LogP contribution in [0, 0.1) is 12.7 Å². The Hall–Kier alpha value is -1.85. The minimum atomic E-state index is -0.651. The smallest absolute Gasteiger partial charge is 0.262 e. The molecule has 2 aliphatic rings. The molecule has 1 atom stereocenters. The largest absolute Gasteiger partial charge is 0.305 e. The van der Waals surface area contributed by atoms with Crippen molar-refractivity contribution in [3.63, 3.8) is 0 Å². The second kappa shape index (κ2) is 5.35. The van der Waals surface area contributed by atoms with Crippen LogP contribution in [0.25, 0.3) is 0 Å². The molecule has 0 aliphatic carbocycles. The van der Waals surface area contributed by atoms with Crippen LogP contribution in [0.2, 0.25) is 0 Å².